The molecule has 1 amide bonds. The number of benzene rings is 1. The van der Waals surface area contributed by atoms with Crippen molar-refractivity contribution in [2.45, 2.75) is 45.2 Å². The molecule has 3 N–H and O–H groups in total. The molecule has 1 fully saturated rings. The Morgan fingerprint density at radius 3 is 2.85 bits per heavy atom. The van der Waals surface area contributed by atoms with Crippen LogP contribution in [-0.4, -0.2) is 28.5 Å². The van der Waals surface area contributed by atoms with E-state index in [0.29, 0.717) is 19.1 Å². The van der Waals surface area contributed by atoms with Crippen LogP contribution in [0.1, 0.15) is 38.2 Å². The van der Waals surface area contributed by atoms with E-state index in [1.54, 1.807) is 12.1 Å². The van der Waals surface area contributed by atoms with E-state index in [1.165, 1.54) is 0 Å². The summed E-state index contributed by atoms with van der Waals surface area (Å²) in [5, 5.41) is 9.53. The van der Waals surface area contributed by atoms with Gasteiger partial charge in [0.15, 0.2) is 0 Å². The quantitative estimate of drug-likeness (QED) is 0.802. The Bertz CT molecular complexity index is 458. The average molecular weight is 276 g/mol. The van der Waals surface area contributed by atoms with Crippen LogP contribution in [0, 0.1) is 5.92 Å². The van der Waals surface area contributed by atoms with Crippen molar-refractivity contribution in [1.29, 1.82) is 0 Å². The SMILES string of the molecule is CC(CCCN)C(=O)N(Cc1cccc(O)c1)C1CC1. The molecule has 1 unspecified atom stereocenters. The molecule has 0 aliphatic heterocycles. The molecule has 1 saturated carbocycles. The molecule has 0 aromatic heterocycles. The number of nitrogens with zero attached hydrogens (tertiary/aromatic N) is 1. The van der Waals surface area contributed by atoms with Crippen LogP contribution in [0.5, 0.6) is 5.75 Å². The van der Waals surface area contributed by atoms with Gasteiger partial charge in [-0.1, -0.05) is 19.1 Å². The lowest BCUT2D eigenvalue weighted by molar-refractivity contribution is -0.136. The summed E-state index contributed by atoms with van der Waals surface area (Å²) in [4.78, 5) is 14.5. The molecule has 1 aliphatic carbocycles. The highest BCUT2D eigenvalue weighted by Gasteiger charge is 2.34. The number of carbonyl (C=O) groups is 1. The number of amides is 1. The predicted molar refractivity (Wildman–Crippen MR) is 79.1 cm³/mol. The third-order valence-corrected chi connectivity index (χ3v) is 3.80. The number of hydrogen-bond acceptors (Lipinski definition) is 3. The van der Waals surface area contributed by atoms with Crippen molar-refractivity contribution in [2.24, 2.45) is 11.7 Å². The van der Waals surface area contributed by atoms with Gasteiger partial charge in [0.05, 0.1) is 0 Å². The van der Waals surface area contributed by atoms with Crippen molar-refractivity contribution >= 4 is 5.91 Å². The normalized spacial score (nSPS) is 15.9. The molecule has 0 spiro atoms. The molecule has 1 aromatic rings. The van der Waals surface area contributed by atoms with E-state index in [9.17, 15) is 9.90 Å². The maximum atomic E-state index is 12.5. The van der Waals surface area contributed by atoms with Crippen LogP contribution in [0.15, 0.2) is 24.3 Å². The van der Waals surface area contributed by atoms with Gasteiger partial charge in [0.25, 0.3) is 0 Å². The first-order valence-corrected chi connectivity index (χ1v) is 7.40. The average Bonchev–Trinajstić information content (AvgIpc) is 3.26. The Hall–Kier alpha value is -1.55. The van der Waals surface area contributed by atoms with Gasteiger partial charge in [0, 0.05) is 18.5 Å². The van der Waals surface area contributed by atoms with Crippen LogP contribution in [0.25, 0.3) is 0 Å². The minimum atomic E-state index is 0.0245. The van der Waals surface area contributed by atoms with Crippen LogP contribution in [-0.2, 0) is 11.3 Å². The Balaban J connectivity index is 2.01. The summed E-state index contributed by atoms with van der Waals surface area (Å²) < 4.78 is 0. The zero-order chi connectivity index (χ0) is 14.5. The van der Waals surface area contributed by atoms with Crippen molar-refractivity contribution in [3.63, 3.8) is 0 Å². The van der Waals surface area contributed by atoms with E-state index in [1.807, 2.05) is 24.0 Å². The summed E-state index contributed by atoms with van der Waals surface area (Å²) in [7, 11) is 0. The number of phenolic OH excluding ortho intramolecular Hbond substituents is 1. The Morgan fingerprint density at radius 1 is 1.50 bits per heavy atom. The summed E-state index contributed by atoms with van der Waals surface area (Å²) >= 11 is 0. The monoisotopic (exact) mass is 276 g/mol. The summed E-state index contributed by atoms with van der Waals surface area (Å²) in [6.45, 7) is 3.20. The molecule has 1 atom stereocenters. The summed E-state index contributed by atoms with van der Waals surface area (Å²) in [6.07, 6.45) is 3.92. The van der Waals surface area contributed by atoms with Crippen LogP contribution in [0.2, 0.25) is 0 Å². The largest absolute Gasteiger partial charge is 0.508 e. The van der Waals surface area contributed by atoms with E-state index < -0.39 is 0 Å². The number of phenols is 1. The summed E-state index contributed by atoms with van der Waals surface area (Å²) in [6, 6.07) is 7.53. The molecule has 0 heterocycles. The van der Waals surface area contributed by atoms with Crippen molar-refractivity contribution < 1.29 is 9.90 Å². The molecule has 1 aliphatic rings. The lowest BCUT2D eigenvalue weighted by Crippen LogP contribution is -2.36. The van der Waals surface area contributed by atoms with Crippen LogP contribution in [0.3, 0.4) is 0 Å². The third kappa shape index (κ3) is 3.97. The fourth-order valence-corrected chi connectivity index (χ4v) is 2.46. The van der Waals surface area contributed by atoms with Gasteiger partial charge in [-0.25, -0.2) is 0 Å². The maximum Gasteiger partial charge on any atom is 0.225 e. The highest BCUT2D eigenvalue weighted by atomic mass is 16.3. The van der Waals surface area contributed by atoms with Crippen LogP contribution in [0.4, 0.5) is 0 Å². The van der Waals surface area contributed by atoms with Gasteiger partial charge in [-0.05, 0) is 49.9 Å². The van der Waals surface area contributed by atoms with E-state index in [4.69, 9.17) is 5.73 Å². The van der Waals surface area contributed by atoms with Gasteiger partial charge >= 0.3 is 0 Å². The van der Waals surface area contributed by atoms with Gasteiger partial charge in [-0.15, -0.1) is 0 Å². The number of rotatable bonds is 7. The predicted octanol–water partition coefficient (Wildman–Crippen LogP) is 2.26. The summed E-state index contributed by atoms with van der Waals surface area (Å²) in [5.41, 5.74) is 6.50. The molecular formula is C16H24N2O2. The highest BCUT2D eigenvalue weighted by Crippen LogP contribution is 2.30. The van der Waals surface area contributed by atoms with Gasteiger partial charge < -0.3 is 15.7 Å². The van der Waals surface area contributed by atoms with Crippen molar-refractivity contribution in [3.05, 3.63) is 29.8 Å². The van der Waals surface area contributed by atoms with Gasteiger partial charge in [0.1, 0.15) is 5.75 Å². The van der Waals surface area contributed by atoms with Crippen LogP contribution < -0.4 is 5.73 Å². The number of aromatic hydroxyl groups is 1. The maximum absolute atomic E-state index is 12.5. The van der Waals surface area contributed by atoms with E-state index in [0.717, 1.165) is 31.2 Å². The van der Waals surface area contributed by atoms with Gasteiger partial charge in [-0.3, -0.25) is 4.79 Å². The Kier molecular flexibility index (Phi) is 5.01. The van der Waals surface area contributed by atoms with E-state index in [2.05, 4.69) is 0 Å². The fourth-order valence-electron chi connectivity index (χ4n) is 2.46. The molecule has 0 saturated heterocycles. The minimum Gasteiger partial charge on any atom is -0.508 e. The second-order valence-electron chi connectivity index (χ2n) is 5.70. The van der Waals surface area contributed by atoms with Gasteiger partial charge in [-0.2, -0.15) is 0 Å². The zero-order valence-corrected chi connectivity index (χ0v) is 12.1. The zero-order valence-electron chi connectivity index (χ0n) is 12.1. The fraction of sp³-hybridized carbons (Fsp3) is 0.562. The Morgan fingerprint density at radius 2 is 2.25 bits per heavy atom. The number of hydrogen-bond donors (Lipinski definition) is 2. The lowest BCUT2D eigenvalue weighted by Gasteiger charge is -2.26. The van der Waals surface area contributed by atoms with Crippen LogP contribution >= 0.6 is 0 Å². The Labute approximate surface area is 120 Å². The smallest absolute Gasteiger partial charge is 0.225 e. The molecule has 110 valence electrons. The second-order valence-corrected chi connectivity index (χ2v) is 5.70. The first-order valence-electron chi connectivity index (χ1n) is 7.40. The molecule has 20 heavy (non-hydrogen) atoms. The second kappa shape index (κ2) is 6.75. The molecule has 0 radical (unpaired) electrons. The minimum absolute atomic E-state index is 0.0245. The topological polar surface area (TPSA) is 66.6 Å². The molecule has 2 rings (SSSR count). The van der Waals surface area contributed by atoms with Crippen molar-refractivity contribution in [1.82, 2.24) is 4.90 Å². The first-order chi connectivity index (χ1) is 9.61. The first kappa shape index (κ1) is 14.9. The molecule has 1 aromatic carbocycles. The number of nitrogens with two attached hydrogens (primary N) is 1. The van der Waals surface area contributed by atoms with E-state index in [-0.39, 0.29) is 17.6 Å². The van der Waals surface area contributed by atoms with Crippen molar-refractivity contribution in [2.75, 3.05) is 6.54 Å². The van der Waals surface area contributed by atoms with Gasteiger partial charge in [0.2, 0.25) is 5.91 Å². The molecule has 4 heteroatoms. The molecule has 4 nitrogen and oxygen atoms in total. The highest BCUT2D eigenvalue weighted by molar-refractivity contribution is 5.79. The summed E-state index contributed by atoms with van der Waals surface area (Å²) in [5.74, 6) is 0.489. The molecule has 0 bridgehead atoms. The lowest BCUT2D eigenvalue weighted by atomic mass is 10.0. The van der Waals surface area contributed by atoms with E-state index >= 15 is 0 Å². The molecular weight excluding hydrogens is 252 g/mol. The van der Waals surface area contributed by atoms with Crippen molar-refractivity contribution in [3.8, 4) is 5.75 Å². The third-order valence-electron chi connectivity index (χ3n) is 3.80. The standard InChI is InChI=1S/C16H24N2O2/c1-12(4-3-9-17)16(20)18(14-7-8-14)11-13-5-2-6-15(19)10-13/h2,5-6,10,12,14,19H,3-4,7-9,11,17H2,1H3. The number of carbonyl (C=O) groups excluding carboxylic acids is 1.